The van der Waals surface area contributed by atoms with E-state index in [0.29, 0.717) is 5.75 Å². The van der Waals surface area contributed by atoms with Crippen LogP contribution in [0.25, 0.3) is 0 Å². The first-order valence-electron chi connectivity index (χ1n) is 6.25. The molecule has 0 fully saturated rings. The molecule has 0 amide bonds. The summed E-state index contributed by atoms with van der Waals surface area (Å²) in [6.07, 6.45) is 2.67. The first-order valence-corrected chi connectivity index (χ1v) is 6.25. The number of methoxy groups -OCH3 is 1. The lowest BCUT2D eigenvalue weighted by Gasteiger charge is -2.12. The molecule has 1 heterocycles. The van der Waals surface area contributed by atoms with E-state index in [4.69, 9.17) is 9.47 Å². The van der Waals surface area contributed by atoms with E-state index in [1.165, 1.54) is 5.56 Å². The Labute approximate surface area is 113 Å². The molecule has 0 spiro atoms. The minimum Gasteiger partial charge on any atom is -0.493 e. The van der Waals surface area contributed by atoms with E-state index in [1.807, 2.05) is 37.4 Å². The van der Waals surface area contributed by atoms with Crippen molar-refractivity contribution in [2.24, 2.45) is 0 Å². The second kappa shape index (κ2) is 6.09. The number of hydrogen-bond acceptors (Lipinski definition) is 4. The van der Waals surface area contributed by atoms with Crippen molar-refractivity contribution in [2.45, 2.75) is 13.3 Å². The minimum atomic E-state index is 0.702. The maximum absolute atomic E-state index is 5.84. The fourth-order valence-corrected chi connectivity index (χ4v) is 1.75. The first kappa shape index (κ1) is 13.2. The fraction of sp³-hybridized carbons (Fsp3) is 0.267. The Morgan fingerprint density at radius 3 is 2.68 bits per heavy atom. The van der Waals surface area contributed by atoms with Crippen LogP contribution < -0.4 is 14.8 Å². The molecular weight excluding hydrogens is 240 g/mol. The molecule has 4 heteroatoms. The van der Waals surface area contributed by atoms with Gasteiger partial charge in [0.15, 0.2) is 11.5 Å². The van der Waals surface area contributed by atoms with Gasteiger partial charge in [-0.15, -0.1) is 0 Å². The van der Waals surface area contributed by atoms with Crippen LogP contribution in [-0.2, 0) is 6.42 Å². The Hall–Kier alpha value is -2.23. The second-order valence-corrected chi connectivity index (χ2v) is 4.07. The number of aryl methyl sites for hydroxylation is 1. The molecule has 0 unspecified atom stereocenters. The van der Waals surface area contributed by atoms with Crippen LogP contribution in [0.5, 0.6) is 17.2 Å². The highest BCUT2D eigenvalue weighted by Gasteiger charge is 2.07. The quantitative estimate of drug-likeness (QED) is 0.891. The average molecular weight is 258 g/mol. The first-order chi connectivity index (χ1) is 9.26. The summed E-state index contributed by atoms with van der Waals surface area (Å²) in [7, 11) is 3.47. The van der Waals surface area contributed by atoms with Crippen molar-refractivity contribution in [1.29, 1.82) is 0 Å². The molecule has 4 nitrogen and oxygen atoms in total. The molecule has 0 aliphatic carbocycles. The number of nitrogens with zero attached hydrogens (tertiary/aromatic N) is 1. The Morgan fingerprint density at radius 2 is 2.00 bits per heavy atom. The smallest absolute Gasteiger partial charge is 0.169 e. The minimum absolute atomic E-state index is 0.702. The Bertz CT molecular complexity index is 556. The molecular formula is C15H18N2O2. The number of aromatic nitrogens is 1. The van der Waals surface area contributed by atoms with Gasteiger partial charge in [-0.05, 0) is 30.2 Å². The topological polar surface area (TPSA) is 43.4 Å². The SMILES string of the molecule is CCc1ccc(Oc2ccnc(NC)c2)c(OC)c1. The van der Waals surface area contributed by atoms with Crippen LogP contribution in [0.4, 0.5) is 5.82 Å². The number of ether oxygens (including phenoxy) is 2. The van der Waals surface area contributed by atoms with Crippen LogP contribution in [-0.4, -0.2) is 19.1 Å². The molecule has 1 N–H and O–H groups in total. The van der Waals surface area contributed by atoms with E-state index in [-0.39, 0.29) is 0 Å². The van der Waals surface area contributed by atoms with Crippen LogP contribution in [0.1, 0.15) is 12.5 Å². The van der Waals surface area contributed by atoms with E-state index in [1.54, 1.807) is 13.3 Å². The van der Waals surface area contributed by atoms with Gasteiger partial charge in [0.05, 0.1) is 7.11 Å². The van der Waals surface area contributed by atoms with Gasteiger partial charge in [0.25, 0.3) is 0 Å². The highest BCUT2D eigenvalue weighted by Crippen LogP contribution is 2.32. The normalized spacial score (nSPS) is 10.1. The maximum atomic E-state index is 5.84. The molecule has 19 heavy (non-hydrogen) atoms. The molecule has 0 radical (unpaired) electrons. The monoisotopic (exact) mass is 258 g/mol. The highest BCUT2D eigenvalue weighted by atomic mass is 16.5. The lowest BCUT2D eigenvalue weighted by atomic mass is 10.1. The lowest BCUT2D eigenvalue weighted by Crippen LogP contribution is -1.94. The van der Waals surface area contributed by atoms with E-state index < -0.39 is 0 Å². The van der Waals surface area contributed by atoms with Gasteiger partial charge in [0.1, 0.15) is 11.6 Å². The third kappa shape index (κ3) is 3.16. The van der Waals surface area contributed by atoms with Gasteiger partial charge < -0.3 is 14.8 Å². The fourth-order valence-electron chi connectivity index (χ4n) is 1.75. The maximum Gasteiger partial charge on any atom is 0.169 e. The average Bonchev–Trinajstić information content (AvgIpc) is 2.48. The zero-order valence-corrected chi connectivity index (χ0v) is 11.4. The number of hydrogen-bond donors (Lipinski definition) is 1. The molecule has 0 aliphatic rings. The van der Waals surface area contributed by atoms with Gasteiger partial charge in [-0.25, -0.2) is 4.98 Å². The predicted molar refractivity (Wildman–Crippen MR) is 76.2 cm³/mol. The van der Waals surface area contributed by atoms with Crippen molar-refractivity contribution in [1.82, 2.24) is 4.98 Å². The zero-order chi connectivity index (χ0) is 13.7. The molecule has 0 saturated carbocycles. The molecule has 0 saturated heterocycles. The summed E-state index contributed by atoms with van der Waals surface area (Å²) in [4.78, 5) is 4.15. The number of rotatable bonds is 5. The number of anilines is 1. The van der Waals surface area contributed by atoms with E-state index in [9.17, 15) is 0 Å². The van der Waals surface area contributed by atoms with E-state index in [2.05, 4.69) is 17.2 Å². The van der Waals surface area contributed by atoms with Crippen LogP contribution in [0.2, 0.25) is 0 Å². The van der Waals surface area contributed by atoms with Gasteiger partial charge in [-0.3, -0.25) is 0 Å². The van der Waals surface area contributed by atoms with Crippen molar-refractivity contribution in [2.75, 3.05) is 19.5 Å². The molecule has 2 rings (SSSR count). The van der Waals surface area contributed by atoms with Crippen LogP contribution >= 0.6 is 0 Å². The highest BCUT2D eigenvalue weighted by molar-refractivity contribution is 5.47. The van der Waals surface area contributed by atoms with Gasteiger partial charge in [0, 0.05) is 19.3 Å². The molecule has 1 aromatic carbocycles. The summed E-state index contributed by atoms with van der Waals surface area (Å²) in [5, 5.41) is 2.98. The standard InChI is InChI=1S/C15H18N2O2/c1-4-11-5-6-13(14(9-11)18-3)19-12-7-8-17-15(10-12)16-2/h5-10H,4H2,1-3H3,(H,16,17). The summed E-state index contributed by atoms with van der Waals surface area (Å²) < 4.78 is 11.2. The van der Waals surface area contributed by atoms with Gasteiger partial charge in [-0.1, -0.05) is 13.0 Å². The summed E-state index contributed by atoms with van der Waals surface area (Å²) >= 11 is 0. The largest absolute Gasteiger partial charge is 0.493 e. The Balaban J connectivity index is 2.26. The van der Waals surface area contributed by atoms with Crippen LogP contribution in [0.3, 0.4) is 0 Å². The number of nitrogens with one attached hydrogen (secondary N) is 1. The number of benzene rings is 1. The molecule has 2 aromatic rings. The third-order valence-electron chi connectivity index (χ3n) is 2.85. The van der Waals surface area contributed by atoms with Crippen molar-refractivity contribution in [3.8, 4) is 17.2 Å². The summed E-state index contributed by atoms with van der Waals surface area (Å²) in [6.45, 7) is 2.11. The number of pyridine rings is 1. The summed E-state index contributed by atoms with van der Waals surface area (Å²) in [5.41, 5.74) is 1.22. The molecule has 0 atom stereocenters. The lowest BCUT2D eigenvalue weighted by molar-refractivity contribution is 0.378. The summed E-state index contributed by atoms with van der Waals surface area (Å²) in [6, 6.07) is 9.62. The van der Waals surface area contributed by atoms with E-state index in [0.717, 1.165) is 23.7 Å². The van der Waals surface area contributed by atoms with Gasteiger partial charge in [0.2, 0.25) is 0 Å². The summed E-state index contributed by atoms with van der Waals surface area (Å²) in [5.74, 6) is 2.93. The van der Waals surface area contributed by atoms with Gasteiger partial charge in [-0.2, -0.15) is 0 Å². The molecule has 1 aromatic heterocycles. The molecule has 0 aliphatic heterocycles. The van der Waals surface area contributed by atoms with Crippen molar-refractivity contribution < 1.29 is 9.47 Å². The zero-order valence-electron chi connectivity index (χ0n) is 11.4. The molecule has 0 bridgehead atoms. The Morgan fingerprint density at radius 1 is 1.16 bits per heavy atom. The Kier molecular flexibility index (Phi) is 4.23. The molecule has 100 valence electrons. The predicted octanol–water partition coefficient (Wildman–Crippen LogP) is 3.49. The third-order valence-corrected chi connectivity index (χ3v) is 2.85. The van der Waals surface area contributed by atoms with Crippen molar-refractivity contribution in [3.63, 3.8) is 0 Å². The van der Waals surface area contributed by atoms with Crippen LogP contribution in [0, 0.1) is 0 Å². The van der Waals surface area contributed by atoms with Crippen molar-refractivity contribution in [3.05, 3.63) is 42.1 Å². The second-order valence-electron chi connectivity index (χ2n) is 4.07. The van der Waals surface area contributed by atoms with Gasteiger partial charge >= 0.3 is 0 Å². The van der Waals surface area contributed by atoms with E-state index >= 15 is 0 Å². The van der Waals surface area contributed by atoms with Crippen LogP contribution in [0.15, 0.2) is 36.5 Å². The van der Waals surface area contributed by atoms with Crippen molar-refractivity contribution >= 4 is 5.82 Å².